The second kappa shape index (κ2) is 6.05. The fraction of sp³-hybridized carbons (Fsp3) is 0.167. The van der Waals surface area contributed by atoms with Crippen molar-refractivity contribution >= 4 is 33.2 Å². The molecule has 0 aliphatic rings. The Morgan fingerprint density at radius 2 is 1.75 bits per heavy atom. The summed E-state index contributed by atoms with van der Waals surface area (Å²) in [6.45, 7) is 0.157. The zero-order chi connectivity index (χ0) is 14.8. The standard InChI is InChI=1S/C12H11Cl2N3O2S/c1-17(8-9-4-2-3-5-11(9)13)20(18,19)10-6-15-12(14)16-7-10/h2-7H,8H2,1H3. The van der Waals surface area contributed by atoms with Crippen LogP contribution >= 0.6 is 23.2 Å². The summed E-state index contributed by atoms with van der Waals surface area (Å²) in [6, 6.07) is 7.07. The summed E-state index contributed by atoms with van der Waals surface area (Å²) in [5.41, 5.74) is 0.718. The second-order valence-corrected chi connectivity index (χ2v) is 6.83. The van der Waals surface area contributed by atoms with Gasteiger partial charge in [-0.2, -0.15) is 4.31 Å². The summed E-state index contributed by atoms with van der Waals surface area (Å²) in [5.74, 6) is 0. The van der Waals surface area contributed by atoms with E-state index in [-0.39, 0.29) is 16.7 Å². The molecule has 0 atom stereocenters. The smallest absolute Gasteiger partial charge is 0.225 e. The number of sulfonamides is 1. The van der Waals surface area contributed by atoms with Gasteiger partial charge in [0.1, 0.15) is 4.90 Å². The molecule has 1 heterocycles. The summed E-state index contributed by atoms with van der Waals surface area (Å²) in [7, 11) is -2.21. The minimum Gasteiger partial charge on any atom is -0.225 e. The summed E-state index contributed by atoms with van der Waals surface area (Å²) < 4.78 is 25.8. The van der Waals surface area contributed by atoms with Crippen molar-refractivity contribution in [3.8, 4) is 0 Å². The van der Waals surface area contributed by atoms with Gasteiger partial charge in [0.2, 0.25) is 15.3 Å². The van der Waals surface area contributed by atoms with Gasteiger partial charge in [0, 0.05) is 18.6 Å². The van der Waals surface area contributed by atoms with Crippen molar-refractivity contribution in [2.45, 2.75) is 11.4 Å². The minimum atomic E-state index is -3.68. The zero-order valence-corrected chi connectivity index (χ0v) is 12.8. The first-order valence-corrected chi connectivity index (χ1v) is 7.78. The van der Waals surface area contributed by atoms with E-state index in [9.17, 15) is 8.42 Å². The molecule has 0 bridgehead atoms. The third-order valence-electron chi connectivity index (χ3n) is 2.66. The lowest BCUT2D eigenvalue weighted by atomic mass is 10.2. The van der Waals surface area contributed by atoms with Gasteiger partial charge in [-0.05, 0) is 23.2 Å². The highest BCUT2D eigenvalue weighted by Crippen LogP contribution is 2.20. The molecule has 1 aromatic carbocycles. The molecular formula is C12H11Cl2N3O2S. The van der Waals surface area contributed by atoms with Crippen LogP contribution in [0.3, 0.4) is 0 Å². The van der Waals surface area contributed by atoms with Crippen molar-refractivity contribution in [2.24, 2.45) is 0 Å². The van der Waals surface area contributed by atoms with Gasteiger partial charge in [-0.1, -0.05) is 29.8 Å². The van der Waals surface area contributed by atoms with Crippen molar-refractivity contribution < 1.29 is 8.42 Å². The van der Waals surface area contributed by atoms with E-state index in [1.165, 1.54) is 23.7 Å². The SMILES string of the molecule is CN(Cc1ccccc1Cl)S(=O)(=O)c1cnc(Cl)nc1. The van der Waals surface area contributed by atoms with Gasteiger partial charge < -0.3 is 0 Å². The number of hydrogen-bond acceptors (Lipinski definition) is 4. The van der Waals surface area contributed by atoms with E-state index < -0.39 is 10.0 Å². The van der Waals surface area contributed by atoms with Crippen molar-refractivity contribution in [3.63, 3.8) is 0 Å². The number of nitrogens with zero attached hydrogens (tertiary/aromatic N) is 3. The van der Waals surface area contributed by atoms with E-state index in [1.54, 1.807) is 24.3 Å². The van der Waals surface area contributed by atoms with Crippen molar-refractivity contribution in [1.82, 2.24) is 14.3 Å². The quantitative estimate of drug-likeness (QED) is 0.808. The molecule has 0 amide bonds. The summed E-state index contributed by atoms with van der Waals surface area (Å²) in [5, 5.41) is 0.514. The molecule has 0 saturated carbocycles. The Hall–Kier alpha value is -1.21. The molecule has 0 aliphatic heterocycles. The van der Waals surface area contributed by atoms with Crippen LogP contribution in [0.4, 0.5) is 0 Å². The Kier molecular flexibility index (Phi) is 4.59. The van der Waals surface area contributed by atoms with E-state index in [2.05, 4.69) is 9.97 Å². The third kappa shape index (κ3) is 3.27. The van der Waals surface area contributed by atoms with Gasteiger partial charge in [-0.25, -0.2) is 18.4 Å². The Labute approximate surface area is 127 Å². The maximum Gasteiger partial charge on any atom is 0.246 e. The lowest BCUT2D eigenvalue weighted by Crippen LogP contribution is -2.26. The third-order valence-corrected chi connectivity index (χ3v) is 4.98. The molecule has 0 N–H and O–H groups in total. The predicted octanol–water partition coefficient (Wildman–Crippen LogP) is 2.60. The molecular weight excluding hydrogens is 321 g/mol. The van der Waals surface area contributed by atoms with Crippen LogP contribution in [0.25, 0.3) is 0 Å². The van der Waals surface area contributed by atoms with Crippen molar-refractivity contribution in [1.29, 1.82) is 0 Å². The van der Waals surface area contributed by atoms with Gasteiger partial charge >= 0.3 is 0 Å². The predicted molar refractivity (Wildman–Crippen MR) is 77.1 cm³/mol. The van der Waals surface area contributed by atoms with E-state index in [4.69, 9.17) is 23.2 Å². The van der Waals surface area contributed by atoms with Gasteiger partial charge in [0.15, 0.2) is 0 Å². The number of hydrogen-bond donors (Lipinski definition) is 0. The lowest BCUT2D eigenvalue weighted by Gasteiger charge is -2.17. The van der Waals surface area contributed by atoms with Crippen molar-refractivity contribution in [3.05, 3.63) is 52.5 Å². The molecule has 0 unspecified atom stereocenters. The Balaban J connectivity index is 2.26. The normalized spacial score (nSPS) is 11.8. The van der Waals surface area contributed by atoms with E-state index >= 15 is 0 Å². The van der Waals surface area contributed by atoms with Crippen LogP contribution in [0.15, 0.2) is 41.6 Å². The molecule has 2 rings (SSSR count). The van der Waals surface area contributed by atoms with Gasteiger partial charge in [0.25, 0.3) is 0 Å². The first-order valence-electron chi connectivity index (χ1n) is 5.58. The molecule has 0 spiro atoms. The molecule has 2 aromatic rings. The average molecular weight is 332 g/mol. The topological polar surface area (TPSA) is 63.2 Å². The minimum absolute atomic E-state index is 0.00212. The molecule has 0 aliphatic carbocycles. The van der Waals surface area contributed by atoms with Gasteiger partial charge in [0.05, 0.1) is 12.4 Å². The highest BCUT2D eigenvalue weighted by atomic mass is 35.5. The number of benzene rings is 1. The maximum absolute atomic E-state index is 12.3. The summed E-state index contributed by atoms with van der Waals surface area (Å²) in [4.78, 5) is 7.33. The molecule has 0 radical (unpaired) electrons. The van der Waals surface area contributed by atoms with Crippen LogP contribution < -0.4 is 0 Å². The van der Waals surface area contributed by atoms with E-state index in [0.29, 0.717) is 5.02 Å². The molecule has 0 saturated heterocycles. The lowest BCUT2D eigenvalue weighted by molar-refractivity contribution is 0.466. The second-order valence-electron chi connectivity index (χ2n) is 4.04. The van der Waals surface area contributed by atoms with Crippen LogP contribution in [0, 0.1) is 0 Å². The van der Waals surface area contributed by atoms with E-state index in [1.807, 2.05) is 0 Å². The van der Waals surface area contributed by atoms with Crippen LogP contribution in [-0.4, -0.2) is 29.7 Å². The zero-order valence-electron chi connectivity index (χ0n) is 10.5. The summed E-state index contributed by atoms with van der Waals surface area (Å²) >= 11 is 11.6. The highest BCUT2D eigenvalue weighted by molar-refractivity contribution is 7.89. The van der Waals surface area contributed by atoms with Crippen LogP contribution in [0.5, 0.6) is 0 Å². The fourth-order valence-electron chi connectivity index (χ4n) is 1.57. The largest absolute Gasteiger partial charge is 0.246 e. The van der Waals surface area contributed by atoms with Gasteiger partial charge in [-0.15, -0.1) is 0 Å². The Morgan fingerprint density at radius 3 is 2.35 bits per heavy atom. The average Bonchev–Trinajstić information content (AvgIpc) is 2.41. The van der Waals surface area contributed by atoms with E-state index in [0.717, 1.165) is 5.56 Å². The number of rotatable bonds is 4. The Morgan fingerprint density at radius 1 is 1.15 bits per heavy atom. The molecule has 106 valence electrons. The fourth-order valence-corrected chi connectivity index (χ4v) is 2.90. The molecule has 8 heteroatoms. The monoisotopic (exact) mass is 331 g/mol. The maximum atomic E-state index is 12.3. The molecule has 1 aromatic heterocycles. The van der Waals surface area contributed by atoms with Crippen LogP contribution in [0.2, 0.25) is 10.3 Å². The first-order chi connectivity index (χ1) is 9.41. The molecule has 20 heavy (non-hydrogen) atoms. The Bertz CT molecular complexity index is 705. The molecule has 5 nitrogen and oxygen atoms in total. The molecule has 0 fully saturated rings. The van der Waals surface area contributed by atoms with Crippen molar-refractivity contribution in [2.75, 3.05) is 7.05 Å². The summed E-state index contributed by atoms with van der Waals surface area (Å²) in [6.07, 6.45) is 2.35. The number of aromatic nitrogens is 2. The van der Waals surface area contributed by atoms with Gasteiger partial charge in [-0.3, -0.25) is 0 Å². The van der Waals surface area contributed by atoms with Crippen LogP contribution in [0.1, 0.15) is 5.56 Å². The first kappa shape index (κ1) is 15.2. The number of halogens is 2. The highest BCUT2D eigenvalue weighted by Gasteiger charge is 2.22. The van der Waals surface area contributed by atoms with Crippen LogP contribution in [-0.2, 0) is 16.6 Å².